The van der Waals surface area contributed by atoms with Crippen molar-refractivity contribution >= 4 is 21.7 Å². The van der Waals surface area contributed by atoms with Gasteiger partial charge in [-0.1, -0.05) is 28.8 Å². The summed E-state index contributed by atoms with van der Waals surface area (Å²) in [5.74, 6) is 1.35. The van der Waals surface area contributed by atoms with Crippen LogP contribution in [0.25, 0.3) is 0 Å². The van der Waals surface area contributed by atoms with Gasteiger partial charge < -0.3 is 0 Å². The third kappa shape index (κ3) is 2.29. The first-order chi connectivity index (χ1) is 5.25. The lowest BCUT2D eigenvalue weighted by molar-refractivity contribution is -0.123. The number of carbonyl (C=O) groups is 1. The van der Waals surface area contributed by atoms with Crippen molar-refractivity contribution in [1.29, 1.82) is 0 Å². The number of Topliss-reactive ketones (excluding diaryl/α,β-unsaturated/α-hetero) is 1. The molecule has 2 unspecified atom stereocenters. The molecule has 0 spiro atoms. The van der Waals surface area contributed by atoms with Crippen LogP contribution in [-0.4, -0.2) is 11.1 Å². The number of hydrogen-bond acceptors (Lipinski definition) is 1. The first kappa shape index (κ1) is 9.24. The van der Waals surface area contributed by atoms with Gasteiger partial charge in [-0.3, -0.25) is 4.79 Å². The highest BCUT2D eigenvalue weighted by atomic mass is 79.9. The fourth-order valence-corrected chi connectivity index (χ4v) is 2.70. The summed E-state index contributed by atoms with van der Waals surface area (Å²) in [5.41, 5.74) is 0. The summed E-state index contributed by atoms with van der Waals surface area (Å²) in [5, 5.41) is 0.997. The van der Waals surface area contributed by atoms with E-state index >= 15 is 0 Å². The van der Waals surface area contributed by atoms with Crippen molar-refractivity contribution in [3.8, 4) is 0 Å². The monoisotopic (exact) mass is 218 g/mol. The van der Waals surface area contributed by atoms with Crippen molar-refractivity contribution in [3.05, 3.63) is 0 Å². The van der Waals surface area contributed by atoms with Crippen LogP contribution in [0.4, 0.5) is 0 Å². The lowest BCUT2D eigenvalue weighted by atomic mass is 9.78. The Labute approximate surface area is 76.7 Å². The highest BCUT2D eigenvalue weighted by Gasteiger charge is 2.27. The van der Waals surface area contributed by atoms with E-state index in [0.717, 1.165) is 11.8 Å². The van der Waals surface area contributed by atoms with E-state index in [4.69, 9.17) is 0 Å². The number of carbonyl (C=O) groups excluding carboxylic acids is 1. The zero-order valence-electron chi connectivity index (χ0n) is 6.98. The van der Waals surface area contributed by atoms with E-state index in [2.05, 4.69) is 15.9 Å². The minimum absolute atomic E-state index is 0.350. The molecule has 0 aromatic carbocycles. The Morgan fingerprint density at radius 3 is 2.55 bits per heavy atom. The Kier molecular flexibility index (Phi) is 3.57. The summed E-state index contributed by atoms with van der Waals surface area (Å²) in [6.45, 7) is 1.73. The van der Waals surface area contributed by atoms with E-state index in [-0.39, 0.29) is 0 Å². The van der Waals surface area contributed by atoms with Gasteiger partial charge in [0.2, 0.25) is 0 Å². The molecule has 0 N–H and O–H groups in total. The summed E-state index contributed by atoms with van der Waals surface area (Å²) in [6, 6.07) is 0. The van der Waals surface area contributed by atoms with Crippen LogP contribution in [0.2, 0.25) is 0 Å². The first-order valence-electron chi connectivity index (χ1n) is 4.32. The Hall–Kier alpha value is 0.150. The van der Waals surface area contributed by atoms with E-state index in [1.165, 1.54) is 19.3 Å². The lowest BCUT2D eigenvalue weighted by Crippen LogP contribution is -2.26. The zero-order chi connectivity index (χ0) is 8.27. The Bertz CT molecular complexity index is 144. The zero-order valence-corrected chi connectivity index (χ0v) is 8.56. The Balaban J connectivity index is 2.51. The fourth-order valence-electron chi connectivity index (χ4n) is 1.93. The molecule has 0 bridgehead atoms. The fraction of sp³-hybridized carbons (Fsp3) is 0.889. The molecule has 0 heterocycles. The van der Waals surface area contributed by atoms with Gasteiger partial charge in [-0.15, -0.1) is 0 Å². The van der Waals surface area contributed by atoms with Crippen LogP contribution in [0, 0.1) is 11.8 Å². The maximum absolute atomic E-state index is 11.1. The maximum atomic E-state index is 11.1. The van der Waals surface area contributed by atoms with Gasteiger partial charge in [0.05, 0.1) is 0 Å². The van der Waals surface area contributed by atoms with Gasteiger partial charge >= 0.3 is 0 Å². The number of halogens is 1. The predicted octanol–water partition coefficient (Wildman–Crippen LogP) is 2.78. The second-order valence-electron chi connectivity index (χ2n) is 3.42. The van der Waals surface area contributed by atoms with Crippen molar-refractivity contribution < 1.29 is 4.79 Å². The highest BCUT2D eigenvalue weighted by molar-refractivity contribution is 9.09. The normalized spacial score (nSPS) is 31.8. The summed E-state index contributed by atoms with van der Waals surface area (Å²) in [7, 11) is 0. The van der Waals surface area contributed by atoms with Crippen LogP contribution in [-0.2, 0) is 4.79 Å². The quantitative estimate of drug-likeness (QED) is 0.652. The van der Waals surface area contributed by atoms with Crippen molar-refractivity contribution in [2.75, 3.05) is 5.33 Å². The van der Waals surface area contributed by atoms with Gasteiger partial charge in [-0.05, 0) is 25.7 Å². The third-order valence-electron chi connectivity index (χ3n) is 2.63. The largest absolute Gasteiger partial charge is 0.300 e. The van der Waals surface area contributed by atoms with Crippen molar-refractivity contribution in [1.82, 2.24) is 0 Å². The summed E-state index contributed by atoms with van der Waals surface area (Å²) < 4.78 is 0. The van der Waals surface area contributed by atoms with Gasteiger partial charge in [0, 0.05) is 11.2 Å². The minimum atomic E-state index is 0.350. The second-order valence-corrected chi connectivity index (χ2v) is 4.06. The topological polar surface area (TPSA) is 17.1 Å². The molecule has 0 aliphatic heterocycles. The minimum Gasteiger partial charge on any atom is -0.300 e. The molecule has 0 aromatic rings. The first-order valence-corrected chi connectivity index (χ1v) is 5.44. The maximum Gasteiger partial charge on any atom is 0.133 e. The number of ketones is 1. The van der Waals surface area contributed by atoms with Crippen LogP contribution < -0.4 is 0 Å². The standard InChI is InChI=1S/C9H15BrO/c1-7(11)9-5-3-2-4-8(9)6-10/h8-9H,2-6H2,1H3. The highest BCUT2D eigenvalue weighted by Crippen LogP contribution is 2.31. The van der Waals surface area contributed by atoms with Crippen molar-refractivity contribution in [3.63, 3.8) is 0 Å². The lowest BCUT2D eigenvalue weighted by Gasteiger charge is -2.27. The van der Waals surface area contributed by atoms with Gasteiger partial charge in [0.15, 0.2) is 0 Å². The molecule has 0 radical (unpaired) electrons. The summed E-state index contributed by atoms with van der Waals surface area (Å²) in [6.07, 6.45) is 4.90. The third-order valence-corrected chi connectivity index (χ3v) is 3.46. The van der Waals surface area contributed by atoms with Crippen LogP contribution in [0.3, 0.4) is 0 Å². The molecule has 11 heavy (non-hydrogen) atoms. The van der Waals surface area contributed by atoms with Gasteiger partial charge in [-0.25, -0.2) is 0 Å². The van der Waals surface area contributed by atoms with Crippen LogP contribution in [0.5, 0.6) is 0 Å². The summed E-state index contributed by atoms with van der Waals surface area (Å²) in [4.78, 5) is 11.1. The van der Waals surface area contributed by atoms with Gasteiger partial charge in [0.25, 0.3) is 0 Å². The molecule has 1 aliphatic carbocycles. The van der Waals surface area contributed by atoms with E-state index in [1.54, 1.807) is 6.92 Å². The molecule has 0 saturated heterocycles. The van der Waals surface area contributed by atoms with E-state index in [9.17, 15) is 4.79 Å². The average Bonchev–Trinajstić information content (AvgIpc) is 2.04. The van der Waals surface area contributed by atoms with E-state index in [0.29, 0.717) is 17.6 Å². The number of rotatable bonds is 2. The van der Waals surface area contributed by atoms with Gasteiger partial charge in [0.1, 0.15) is 5.78 Å². The summed E-state index contributed by atoms with van der Waals surface area (Å²) >= 11 is 3.47. The molecule has 1 nitrogen and oxygen atoms in total. The number of hydrogen-bond donors (Lipinski definition) is 0. The molecule has 1 rings (SSSR count). The van der Waals surface area contributed by atoms with E-state index in [1.807, 2.05) is 0 Å². The van der Waals surface area contributed by atoms with E-state index < -0.39 is 0 Å². The molecule has 2 atom stereocenters. The molecule has 1 fully saturated rings. The van der Waals surface area contributed by atoms with Gasteiger partial charge in [-0.2, -0.15) is 0 Å². The molecule has 1 saturated carbocycles. The molecule has 0 aromatic heterocycles. The van der Waals surface area contributed by atoms with Crippen molar-refractivity contribution in [2.24, 2.45) is 11.8 Å². The van der Waals surface area contributed by atoms with Crippen molar-refractivity contribution in [2.45, 2.75) is 32.6 Å². The van der Waals surface area contributed by atoms with Crippen LogP contribution in [0.15, 0.2) is 0 Å². The molecule has 2 heteroatoms. The second kappa shape index (κ2) is 4.24. The molecular formula is C9H15BrO. The molecular weight excluding hydrogens is 204 g/mol. The van der Waals surface area contributed by atoms with Crippen LogP contribution in [0.1, 0.15) is 32.6 Å². The molecule has 64 valence electrons. The molecule has 0 amide bonds. The number of alkyl halides is 1. The van der Waals surface area contributed by atoms with Crippen LogP contribution >= 0.6 is 15.9 Å². The Morgan fingerprint density at radius 1 is 1.45 bits per heavy atom. The Morgan fingerprint density at radius 2 is 2.09 bits per heavy atom. The predicted molar refractivity (Wildman–Crippen MR) is 49.9 cm³/mol. The average molecular weight is 219 g/mol. The SMILES string of the molecule is CC(=O)C1CCCCC1CBr. The molecule has 1 aliphatic rings. The smallest absolute Gasteiger partial charge is 0.133 e.